The number of carboxylic acids is 2. The number of benzene rings is 1. The van der Waals surface area contributed by atoms with E-state index < -0.39 is 17.5 Å². The van der Waals surface area contributed by atoms with Crippen LogP contribution in [0, 0.1) is 0 Å². The van der Waals surface area contributed by atoms with Gasteiger partial charge in [-0.2, -0.15) is 0 Å². The highest BCUT2D eigenvalue weighted by molar-refractivity contribution is 6.16. The van der Waals surface area contributed by atoms with Gasteiger partial charge in [0.2, 0.25) is 0 Å². The Morgan fingerprint density at radius 3 is 2.17 bits per heavy atom. The van der Waals surface area contributed by atoms with Crippen molar-refractivity contribution in [3.63, 3.8) is 0 Å². The summed E-state index contributed by atoms with van der Waals surface area (Å²) in [6.07, 6.45) is 2.00. The molecule has 5 heteroatoms. The minimum Gasteiger partial charge on any atom is -0.494 e. The molecule has 1 aromatic carbocycles. The smallest absolute Gasteiger partial charge is 0.343 e. The molecule has 96 valence electrons. The number of aliphatic carboxylic acids is 2. The number of ether oxygens (including phenoxy) is 1. The molecule has 2 N–H and O–H groups in total. The van der Waals surface area contributed by atoms with Gasteiger partial charge < -0.3 is 14.9 Å². The second-order valence-corrected chi connectivity index (χ2v) is 3.59. The lowest BCUT2D eigenvalue weighted by atomic mass is 10.1. The summed E-state index contributed by atoms with van der Waals surface area (Å²) >= 11 is 0. The summed E-state index contributed by atoms with van der Waals surface area (Å²) in [4.78, 5) is 21.4. The van der Waals surface area contributed by atoms with Crippen LogP contribution in [0.1, 0.15) is 18.9 Å². The first kappa shape index (κ1) is 13.8. The van der Waals surface area contributed by atoms with Crippen molar-refractivity contribution in [1.82, 2.24) is 0 Å². The second-order valence-electron chi connectivity index (χ2n) is 3.59. The lowest BCUT2D eigenvalue weighted by Gasteiger charge is -2.04. The highest BCUT2D eigenvalue weighted by atomic mass is 16.5. The van der Waals surface area contributed by atoms with Crippen LogP contribution in [0.4, 0.5) is 0 Å². The molecule has 1 rings (SSSR count). The Morgan fingerprint density at radius 2 is 1.72 bits per heavy atom. The van der Waals surface area contributed by atoms with E-state index in [0.29, 0.717) is 17.9 Å². The van der Waals surface area contributed by atoms with Crippen LogP contribution in [0.5, 0.6) is 5.75 Å². The standard InChI is InChI=1S/C13H14O5/c1-2-7-18-10-5-3-9(4-6-10)8-11(12(14)15)13(16)17/h3-6,8H,2,7H2,1H3,(H,14,15)(H,16,17). The fraction of sp³-hybridized carbons (Fsp3) is 0.231. The van der Waals surface area contributed by atoms with Crippen molar-refractivity contribution in [3.8, 4) is 5.75 Å². The van der Waals surface area contributed by atoms with Gasteiger partial charge in [-0.05, 0) is 30.2 Å². The van der Waals surface area contributed by atoms with E-state index in [4.69, 9.17) is 14.9 Å². The van der Waals surface area contributed by atoms with Crippen molar-refractivity contribution < 1.29 is 24.5 Å². The predicted molar refractivity (Wildman–Crippen MR) is 65.5 cm³/mol. The van der Waals surface area contributed by atoms with Crippen molar-refractivity contribution in [1.29, 1.82) is 0 Å². The fourth-order valence-corrected chi connectivity index (χ4v) is 1.26. The lowest BCUT2D eigenvalue weighted by molar-refractivity contribution is -0.139. The van der Waals surface area contributed by atoms with Gasteiger partial charge >= 0.3 is 11.9 Å². The van der Waals surface area contributed by atoms with Crippen LogP contribution >= 0.6 is 0 Å². The molecule has 0 aliphatic rings. The second kappa shape index (κ2) is 6.44. The van der Waals surface area contributed by atoms with Gasteiger partial charge in [0.05, 0.1) is 6.61 Å². The van der Waals surface area contributed by atoms with Crippen molar-refractivity contribution in [2.75, 3.05) is 6.61 Å². The van der Waals surface area contributed by atoms with Crippen molar-refractivity contribution >= 4 is 18.0 Å². The average Bonchev–Trinajstić information content (AvgIpc) is 2.34. The number of carboxylic acid groups (broad SMARTS) is 2. The van der Waals surface area contributed by atoms with Gasteiger partial charge in [-0.1, -0.05) is 19.1 Å². The Kier molecular flexibility index (Phi) is 4.92. The largest absolute Gasteiger partial charge is 0.494 e. The molecule has 0 radical (unpaired) electrons. The number of rotatable bonds is 6. The first-order chi connectivity index (χ1) is 8.54. The Balaban J connectivity index is 2.87. The molecule has 0 bridgehead atoms. The lowest BCUT2D eigenvalue weighted by Crippen LogP contribution is -2.10. The summed E-state index contributed by atoms with van der Waals surface area (Å²) in [7, 11) is 0. The van der Waals surface area contributed by atoms with E-state index in [9.17, 15) is 9.59 Å². The molecule has 0 aliphatic carbocycles. The van der Waals surface area contributed by atoms with E-state index in [-0.39, 0.29) is 0 Å². The molecule has 0 saturated carbocycles. The highest BCUT2D eigenvalue weighted by Crippen LogP contribution is 2.15. The molecule has 18 heavy (non-hydrogen) atoms. The molecule has 0 fully saturated rings. The third-order valence-electron chi connectivity index (χ3n) is 2.12. The van der Waals surface area contributed by atoms with Gasteiger partial charge in [0.1, 0.15) is 11.3 Å². The minimum atomic E-state index is -1.46. The van der Waals surface area contributed by atoms with Crippen LogP contribution in [0.3, 0.4) is 0 Å². The average molecular weight is 250 g/mol. The van der Waals surface area contributed by atoms with Gasteiger partial charge in [-0.3, -0.25) is 0 Å². The Hall–Kier alpha value is -2.30. The maximum Gasteiger partial charge on any atom is 0.343 e. The van der Waals surface area contributed by atoms with Crippen LogP contribution in [0.25, 0.3) is 6.08 Å². The van der Waals surface area contributed by atoms with Gasteiger partial charge in [0, 0.05) is 0 Å². The van der Waals surface area contributed by atoms with E-state index in [1.54, 1.807) is 24.3 Å². The van der Waals surface area contributed by atoms with Crippen LogP contribution in [-0.4, -0.2) is 28.8 Å². The summed E-state index contributed by atoms with van der Waals surface area (Å²) in [5.41, 5.74) is -0.170. The predicted octanol–water partition coefficient (Wildman–Crippen LogP) is 2.03. The Bertz CT molecular complexity index is 443. The molecule has 1 aromatic rings. The molecular weight excluding hydrogens is 236 g/mol. The maximum atomic E-state index is 10.7. The molecule has 0 aliphatic heterocycles. The van der Waals surface area contributed by atoms with Crippen LogP contribution < -0.4 is 4.74 Å². The van der Waals surface area contributed by atoms with E-state index in [1.807, 2.05) is 6.92 Å². The van der Waals surface area contributed by atoms with Crippen LogP contribution in [-0.2, 0) is 9.59 Å². The van der Waals surface area contributed by atoms with E-state index in [2.05, 4.69) is 0 Å². The van der Waals surface area contributed by atoms with Gasteiger partial charge in [-0.25, -0.2) is 9.59 Å². The first-order valence-corrected chi connectivity index (χ1v) is 5.45. The molecule has 5 nitrogen and oxygen atoms in total. The Labute approximate surface area is 104 Å². The zero-order chi connectivity index (χ0) is 13.5. The van der Waals surface area contributed by atoms with Crippen LogP contribution in [0.2, 0.25) is 0 Å². The topological polar surface area (TPSA) is 83.8 Å². The normalized spacial score (nSPS) is 9.61. The van der Waals surface area contributed by atoms with E-state index in [1.165, 1.54) is 0 Å². The van der Waals surface area contributed by atoms with E-state index in [0.717, 1.165) is 12.5 Å². The van der Waals surface area contributed by atoms with Gasteiger partial charge in [-0.15, -0.1) is 0 Å². The molecule has 0 saturated heterocycles. The zero-order valence-corrected chi connectivity index (χ0v) is 9.92. The third kappa shape index (κ3) is 3.93. The number of hydrogen-bond acceptors (Lipinski definition) is 3. The minimum absolute atomic E-state index is 0.499. The van der Waals surface area contributed by atoms with Crippen molar-refractivity contribution in [2.24, 2.45) is 0 Å². The van der Waals surface area contributed by atoms with E-state index >= 15 is 0 Å². The Morgan fingerprint density at radius 1 is 1.17 bits per heavy atom. The molecule has 0 amide bonds. The summed E-state index contributed by atoms with van der Waals surface area (Å²) < 4.78 is 5.36. The summed E-state index contributed by atoms with van der Waals surface area (Å²) in [5, 5.41) is 17.4. The molecule has 0 atom stereocenters. The summed E-state index contributed by atoms with van der Waals surface area (Å²) in [5.74, 6) is -2.26. The molecular formula is C13H14O5. The molecule has 0 aromatic heterocycles. The maximum absolute atomic E-state index is 10.7. The zero-order valence-electron chi connectivity index (χ0n) is 9.92. The monoisotopic (exact) mass is 250 g/mol. The van der Waals surface area contributed by atoms with Crippen molar-refractivity contribution in [2.45, 2.75) is 13.3 Å². The first-order valence-electron chi connectivity index (χ1n) is 5.45. The quantitative estimate of drug-likeness (QED) is 0.458. The number of carbonyl (C=O) groups is 2. The van der Waals surface area contributed by atoms with Gasteiger partial charge in [0.25, 0.3) is 0 Å². The molecule has 0 heterocycles. The highest BCUT2D eigenvalue weighted by Gasteiger charge is 2.15. The summed E-state index contributed by atoms with van der Waals surface area (Å²) in [6.45, 7) is 2.59. The van der Waals surface area contributed by atoms with Crippen LogP contribution in [0.15, 0.2) is 29.8 Å². The molecule has 0 unspecified atom stereocenters. The summed E-state index contributed by atoms with van der Waals surface area (Å²) in [6, 6.07) is 6.55. The van der Waals surface area contributed by atoms with Crippen molar-refractivity contribution in [3.05, 3.63) is 35.4 Å². The fourth-order valence-electron chi connectivity index (χ4n) is 1.26. The van der Waals surface area contributed by atoms with Gasteiger partial charge in [0.15, 0.2) is 0 Å². The third-order valence-corrected chi connectivity index (χ3v) is 2.12. The molecule has 0 spiro atoms. The SMILES string of the molecule is CCCOc1ccc(C=C(C(=O)O)C(=O)O)cc1. The number of hydrogen-bond donors (Lipinski definition) is 2.